The summed E-state index contributed by atoms with van der Waals surface area (Å²) >= 11 is 0. The Morgan fingerprint density at radius 3 is 2.89 bits per heavy atom. The van der Waals surface area contributed by atoms with E-state index >= 15 is 0 Å². The van der Waals surface area contributed by atoms with Crippen molar-refractivity contribution in [2.75, 3.05) is 19.6 Å². The standard InChI is InChI=1S/C16H23FN2/c1-11(7-13-5-3-4-6-16(13)17)19-10-14-8-18-9-15(14)12(19)2/h3-6,11-12,14-15,18H,7-10H2,1-2H3. The lowest BCUT2D eigenvalue weighted by Crippen LogP contribution is -2.40. The van der Waals surface area contributed by atoms with Crippen LogP contribution in [0.1, 0.15) is 19.4 Å². The molecule has 0 spiro atoms. The van der Waals surface area contributed by atoms with Gasteiger partial charge >= 0.3 is 0 Å². The van der Waals surface area contributed by atoms with Gasteiger partial charge in [0.25, 0.3) is 0 Å². The van der Waals surface area contributed by atoms with E-state index in [1.54, 1.807) is 12.1 Å². The summed E-state index contributed by atoms with van der Waals surface area (Å²) in [5.41, 5.74) is 0.845. The van der Waals surface area contributed by atoms with Gasteiger partial charge in [-0.1, -0.05) is 18.2 Å². The monoisotopic (exact) mass is 262 g/mol. The Balaban J connectivity index is 1.68. The van der Waals surface area contributed by atoms with Crippen molar-refractivity contribution in [3.8, 4) is 0 Å². The summed E-state index contributed by atoms with van der Waals surface area (Å²) in [6.07, 6.45) is 0.809. The van der Waals surface area contributed by atoms with Crippen molar-refractivity contribution in [1.29, 1.82) is 0 Å². The van der Waals surface area contributed by atoms with Crippen molar-refractivity contribution >= 4 is 0 Å². The number of halogens is 1. The molecule has 0 amide bonds. The maximum absolute atomic E-state index is 13.7. The molecule has 19 heavy (non-hydrogen) atoms. The number of fused-ring (bicyclic) bond motifs is 1. The Morgan fingerprint density at radius 2 is 2.16 bits per heavy atom. The van der Waals surface area contributed by atoms with Crippen LogP contribution >= 0.6 is 0 Å². The van der Waals surface area contributed by atoms with E-state index in [-0.39, 0.29) is 5.82 Å². The van der Waals surface area contributed by atoms with Crippen LogP contribution in [-0.2, 0) is 6.42 Å². The second kappa shape index (κ2) is 5.22. The highest BCUT2D eigenvalue weighted by Gasteiger charge is 2.43. The van der Waals surface area contributed by atoms with Crippen molar-refractivity contribution < 1.29 is 4.39 Å². The molecular weight excluding hydrogens is 239 g/mol. The van der Waals surface area contributed by atoms with Gasteiger partial charge < -0.3 is 5.32 Å². The van der Waals surface area contributed by atoms with Gasteiger partial charge in [0.2, 0.25) is 0 Å². The van der Waals surface area contributed by atoms with Gasteiger partial charge in [-0.3, -0.25) is 4.90 Å². The van der Waals surface area contributed by atoms with Crippen LogP contribution in [0.3, 0.4) is 0 Å². The van der Waals surface area contributed by atoms with E-state index in [1.807, 2.05) is 12.1 Å². The summed E-state index contributed by atoms with van der Waals surface area (Å²) in [5.74, 6) is 1.50. The van der Waals surface area contributed by atoms with Gasteiger partial charge in [-0.25, -0.2) is 4.39 Å². The first-order valence-corrected chi connectivity index (χ1v) is 7.36. The smallest absolute Gasteiger partial charge is 0.126 e. The summed E-state index contributed by atoms with van der Waals surface area (Å²) < 4.78 is 13.7. The molecule has 0 saturated carbocycles. The average Bonchev–Trinajstić information content (AvgIpc) is 2.96. The van der Waals surface area contributed by atoms with E-state index in [0.717, 1.165) is 43.5 Å². The number of likely N-dealkylation sites (tertiary alicyclic amines) is 1. The van der Waals surface area contributed by atoms with Gasteiger partial charge in [0.05, 0.1) is 0 Å². The van der Waals surface area contributed by atoms with Gasteiger partial charge in [-0.05, 0) is 56.8 Å². The summed E-state index contributed by atoms with van der Waals surface area (Å²) in [7, 11) is 0. The molecule has 3 heteroatoms. The number of benzene rings is 1. The molecular formula is C16H23FN2. The van der Waals surface area contributed by atoms with Crippen molar-refractivity contribution in [2.45, 2.75) is 32.4 Å². The largest absolute Gasteiger partial charge is 0.316 e. The molecule has 2 aliphatic rings. The molecule has 1 aromatic carbocycles. The zero-order valence-electron chi connectivity index (χ0n) is 11.8. The summed E-state index contributed by atoms with van der Waals surface area (Å²) in [4.78, 5) is 2.57. The molecule has 104 valence electrons. The summed E-state index contributed by atoms with van der Waals surface area (Å²) in [6, 6.07) is 8.19. The Kier molecular flexibility index (Phi) is 3.59. The third-order valence-corrected chi connectivity index (χ3v) is 5.02. The fourth-order valence-electron chi connectivity index (χ4n) is 3.88. The van der Waals surface area contributed by atoms with Crippen LogP contribution in [0.4, 0.5) is 4.39 Å². The van der Waals surface area contributed by atoms with Crippen molar-refractivity contribution in [3.05, 3.63) is 35.6 Å². The number of hydrogen-bond acceptors (Lipinski definition) is 2. The lowest BCUT2D eigenvalue weighted by Gasteiger charge is -2.30. The van der Waals surface area contributed by atoms with Gasteiger partial charge in [0.15, 0.2) is 0 Å². The minimum Gasteiger partial charge on any atom is -0.316 e. The molecule has 4 atom stereocenters. The number of nitrogens with one attached hydrogen (secondary N) is 1. The van der Waals surface area contributed by atoms with Gasteiger partial charge in [-0.15, -0.1) is 0 Å². The van der Waals surface area contributed by atoms with Crippen molar-refractivity contribution in [1.82, 2.24) is 10.2 Å². The third-order valence-electron chi connectivity index (χ3n) is 5.02. The van der Waals surface area contributed by atoms with Crippen molar-refractivity contribution in [2.24, 2.45) is 11.8 Å². The van der Waals surface area contributed by atoms with Crippen LogP contribution in [0, 0.1) is 17.7 Å². The quantitative estimate of drug-likeness (QED) is 0.899. The number of rotatable bonds is 3. The minimum absolute atomic E-state index is 0.0666. The van der Waals surface area contributed by atoms with E-state index in [9.17, 15) is 4.39 Å². The Bertz CT molecular complexity index is 448. The topological polar surface area (TPSA) is 15.3 Å². The lowest BCUT2D eigenvalue weighted by molar-refractivity contribution is 0.179. The minimum atomic E-state index is -0.0666. The molecule has 0 aliphatic carbocycles. The third kappa shape index (κ3) is 2.41. The molecule has 3 rings (SSSR count). The molecule has 0 aromatic heterocycles. The molecule has 2 fully saturated rings. The second-order valence-electron chi connectivity index (χ2n) is 6.16. The SMILES string of the molecule is CC(Cc1ccccc1F)N1CC2CNCC2C1C. The van der Waals surface area contributed by atoms with E-state index in [4.69, 9.17) is 0 Å². The number of nitrogens with zero attached hydrogens (tertiary/aromatic N) is 1. The molecule has 0 bridgehead atoms. The number of hydrogen-bond donors (Lipinski definition) is 1. The molecule has 2 saturated heterocycles. The fraction of sp³-hybridized carbons (Fsp3) is 0.625. The maximum atomic E-state index is 13.7. The summed E-state index contributed by atoms with van der Waals surface area (Å²) in [6.45, 7) is 8.02. The van der Waals surface area contributed by atoms with Crippen LogP contribution < -0.4 is 5.32 Å². The molecule has 1 N–H and O–H groups in total. The fourth-order valence-corrected chi connectivity index (χ4v) is 3.88. The molecule has 2 aliphatic heterocycles. The van der Waals surface area contributed by atoms with E-state index in [1.165, 1.54) is 0 Å². The van der Waals surface area contributed by atoms with Gasteiger partial charge in [-0.2, -0.15) is 0 Å². The highest BCUT2D eigenvalue weighted by Crippen LogP contribution is 2.34. The highest BCUT2D eigenvalue weighted by molar-refractivity contribution is 5.18. The van der Waals surface area contributed by atoms with Crippen LogP contribution in [-0.4, -0.2) is 36.6 Å². The predicted octanol–water partition coefficient (Wildman–Crippen LogP) is 2.30. The van der Waals surface area contributed by atoms with E-state index < -0.39 is 0 Å². The highest BCUT2D eigenvalue weighted by atomic mass is 19.1. The molecule has 2 heterocycles. The normalized spacial score (nSPS) is 32.5. The van der Waals surface area contributed by atoms with E-state index in [2.05, 4.69) is 24.1 Å². The van der Waals surface area contributed by atoms with Crippen LogP contribution in [0.5, 0.6) is 0 Å². The van der Waals surface area contributed by atoms with Gasteiger partial charge in [0, 0.05) is 18.6 Å². The first-order chi connectivity index (χ1) is 9.16. The second-order valence-corrected chi connectivity index (χ2v) is 6.16. The predicted molar refractivity (Wildman–Crippen MR) is 75.6 cm³/mol. The van der Waals surface area contributed by atoms with Crippen LogP contribution in [0.25, 0.3) is 0 Å². The zero-order valence-corrected chi connectivity index (χ0v) is 11.8. The van der Waals surface area contributed by atoms with Gasteiger partial charge in [0.1, 0.15) is 5.82 Å². The van der Waals surface area contributed by atoms with Crippen molar-refractivity contribution in [3.63, 3.8) is 0 Å². The Morgan fingerprint density at radius 1 is 1.37 bits per heavy atom. The maximum Gasteiger partial charge on any atom is 0.126 e. The first kappa shape index (κ1) is 13.1. The first-order valence-electron chi connectivity index (χ1n) is 7.36. The molecule has 1 aromatic rings. The van der Waals surface area contributed by atoms with Crippen LogP contribution in [0.15, 0.2) is 24.3 Å². The van der Waals surface area contributed by atoms with E-state index in [0.29, 0.717) is 12.1 Å². The molecule has 2 nitrogen and oxygen atoms in total. The average molecular weight is 262 g/mol. The molecule has 0 radical (unpaired) electrons. The summed E-state index contributed by atoms with van der Waals surface area (Å²) in [5, 5.41) is 3.49. The van der Waals surface area contributed by atoms with Crippen LogP contribution in [0.2, 0.25) is 0 Å². The lowest BCUT2D eigenvalue weighted by atomic mass is 9.95. The Labute approximate surface area is 115 Å². The Hall–Kier alpha value is -0.930. The zero-order chi connectivity index (χ0) is 13.4. The molecule has 4 unspecified atom stereocenters.